The zero-order chi connectivity index (χ0) is 40.2. The number of halogens is 4. The minimum Gasteiger partial charge on any atom is -0.481 e. The number of hydrogen-bond donors (Lipinski definition) is 3. The van der Waals surface area contributed by atoms with Crippen molar-refractivity contribution in [2.45, 2.75) is 81.4 Å². The predicted molar refractivity (Wildman–Crippen MR) is 206 cm³/mol. The van der Waals surface area contributed by atoms with E-state index in [1.807, 2.05) is 45.4 Å². The molecule has 21 heteroatoms. The summed E-state index contributed by atoms with van der Waals surface area (Å²) < 4.78 is 19.4. The third kappa shape index (κ3) is 19.6. The quantitative estimate of drug-likeness (QED) is 0.0867. The maximum absolute atomic E-state index is 11.5. The molecule has 0 aliphatic rings. The maximum atomic E-state index is 11.5. The number of ketones is 1. The van der Waals surface area contributed by atoms with Crippen LogP contribution in [-0.4, -0.2) is 68.7 Å². The summed E-state index contributed by atoms with van der Waals surface area (Å²) in [4.78, 5) is 48.6. The van der Waals surface area contributed by atoms with Gasteiger partial charge in [0, 0.05) is 44.0 Å². The number of pyridine rings is 2. The van der Waals surface area contributed by atoms with Crippen LogP contribution in [0, 0.1) is 13.8 Å². The van der Waals surface area contributed by atoms with Gasteiger partial charge in [0.2, 0.25) is 0 Å². The fourth-order valence-corrected chi connectivity index (χ4v) is 4.11. The zero-order valence-electron chi connectivity index (χ0n) is 30.1. The molecule has 0 bridgehead atoms. The van der Waals surface area contributed by atoms with Crippen LogP contribution in [0.3, 0.4) is 0 Å². The number of carbonyl (C=O) groups is 3. The van der Waals surface area contributed by atoms with Gasteiger partial charge in [-0.15, -0.1) is 0 Å². The van der Waals surface area contributed by atoms with Gasteiger partial charge in [-0.25, -0.2) is 14.3 Å². The number of nitrogens with zero attached hydrogens (tertiary/aromatic N) is 7. The van der Waals surface area contributed by atoms with E-state index in [1.165, 1.54) is 6.92 Å². The molecule has 5 heterocycles. The van der Waals surface area contributed by atoms with E-state index in [2.05, 4.69) is 63.7 Å². The second kappa shape index (κ2) is 24.3. The van der Waals surface area contributed by atoms with Gasteiger partial charge in [-0.1, -0.05) is 11.6 Å². The van der Waals surface area contributed by atoms with Gasteiger partial charge in [0.05, 0.1) is 41.0 Å². The molecule has 16 nitrogen and oxygen atoms in total. The molecule has 0 saturated carbocycles. The Kier molecular flexibility index (Phi) is 22.5. The number of carbonyl (C=O) groups excluding carboxylic acids is 2. The summed E-state index contributed by atoms with van der Waals surface area (Å²) in [5.74, 6) is -0.703. The number of aromatic nitrogens is 8. The summed E-state index contributed by atoms with van der Waals surface area (Å²) in [6.07, 6.45) is 4.96. The molecule has 4 N–H and O–H groups in total. The molecule has 0 radical (unpaired) electrons. The highest BCUT2D eigenvalue weighted by atomic mass is 36.0. The SMILES string of the molecule is CC(=O)O.CCOC(=O)CC(C)=O.CCn1ncc2c(=O)cc(C)[nH]c21.CCn1ncc2c(Cl)cc(C)nc21.CCn1nccc1N.O=P(Cl)(Cl)Cl. The second-order valence-electron chi connectivity index (χ2n) is 10.2. The summed E-state index contributed by atoms with van der Waals surface area (Å²) in [5, 5.41) is 18.7. The number of rotatable bonds is 6. The Labute approximate surface area is 320 Å². The first-order valence-corrected chi connectivity index (χ1v) is 20.3. The lowest BCUT2D eigenvalue weighted by Crippen LogP contribution is -2.07. The Hall–Kier alpha value is -3.95. The molecule has 0 spiro atoms. The number of aryl methyl sites for hydroxylation is 5. The zero-order valence-corrected chi connectivity index (χ0v) is 34.0. The molecular weight excluding hydrogens is 783 g/mol. The van der Waals surface area contributed by atoms with Crippen LogP contribution >= 0.6 is 50.5 Å². The van der Waals surface area contributed by atoms with Crippen molar-refractivity contribution in [3.63, 3.8) is 0 Å². The minimum atomic E-state index is -3.22. The molecule has 288 valence electrons. The molecule has 5 rings (SSSR count). The largest absolute Gasteiger partial charge is 0.481 e. The van der Waals surface area contributed by atoms with Crippen molar-refractivity contribution in [3.05, 3.63) is 63.4 Å². The average Bonchev–Trinajstić information content (AvgIpc) is 3.74. The number of fused-ring (bicyclic) bond motifs is 2. The van der Waals surface area contributed by atoms with Crippen molar-refractivity contribution in [2.24, 2.45) is 0 Å². The van der Waals surface area contributed by atoms with Crippen LogP contribution in [0.5, 0.6) is 0 Å². The summed E-state index contributed by atoms with van der Waals surface area (Å²) in [7, 11) is 0. The number of Topliss-reactive ketones (excluding diaryl/α,β-unsaturated/α-hetero) is 1. The van der Waals surface area contributed by atoms with Crippen LogP contribution in [0.4, 0.5) is 5.82 Å². The molecule has 5 aromatic heterocycles. The normalized spacial score (nSPS) is 10.1. The summed E-state index contributed by atoms with van der Waals surface area (Å²) in [5.41, 5.74) is 8.96. The number of carboxylic acids is 1. The van der Waals surface area contributed by atoms with Crippen molar-refractivity contribution in [1.29, 1.82) is 0 Å². The van der Waals surface area contributed by atoms with E-state index in [9.17, 15) is 18.9 Å². The molecule has 0 aromatic carbocycles. The highest BCUT2D eigenvalue weighted by molar-refractivity contribution is 8.24. The lowest BCUT2D eigenvalue weighted by Gasteiger charge is -1.99. The number of nitrogens with one attached hydrogen (secondary N) is 1. The van der Waals surface area contributed by atoms with Gasteiger partial charge in [-0.2, -0.15) is 15.3 Å². The molecule has 0 aliphatic heterocycles. The van der Waals surface area contributed by atoms with E-state index < -0.39 is 17.1 Å². The van der Waals surface area contributed by atoms with Gasteiger partial charge >= 0.3 is 11.2 Å². The number of H-pyrrole nitrogens is 1. The molecule has 0 fully saturated rings. The number of esters is 1. The van der Waals surface area contributed by atoms with Crippen molar-refractivity contribution >= 4 is 96.1 Å². The lowest BCUT2D eigenvalue weighted by molar-refractivity contribution is -0.145. The number of nitrogen functional groups attached to an aromatic ring is 1. The third-order valence-corrected chi connectivity index (χ3v) is 6.11. The Bertz CT molecular complexity index is 1980. The number of ether oxygens (including phenoxy) is 1. The van der Waals surface area contributed by atoms with Crippen molar-refractivity contribution in [3.8, 4) is 0 Å². The van der Waals surface area contributed by atoms with Crippen molar-refractivity contribution in [2.75, 3.05) is 12.3 Å². The Balaban J connectivity index is 0.000000629. The van der Waals surface area contributed by atoms with Gasteiger partial charge in [-0.3, -0.25) is 28.4 Å². The number of aliphatic carboxylic acids is 1. The molecular formula is C31H44Cl4N9O7P. The number of aromatic amines is 1. The molecule has 0 atom stereocenters. The molecule has 0 unspecified atom stereocenters. The van der Waals surface area contributed by atoms with E-state index in [-0.39, 0.29) is 17.6 Å². The van der Waals surface area contributed by atoms with Crippen LogP contribution in [0.2, 0.25) is 5.02 Å². The molecule has 0 amide bonds. The summed E-state index contributed by atoms with van der Waals surface area (Å²) in [6, 6.07) is 5.22. The molecule has 0 saturated heterocycles. The van der Waals surface area contributed by atoms with Gasteiger partial charge in [0.25, 0.3) is 5.97 Å². The number of carboxylic acid groups (broad SMARTS) is 1. The monoisotopic (exact) mass is 825 g/mol. The first kappa shape index (κ1) is 48.0. The van der Waals surface area contributed by atoms with Gasteiger partial charge in [0.1, 0.15) is 23.7 Å². The second-order valence-corrected chi connectivity index (χ2v) is 17.2. The van der Waals surface area contributed by atoms with Crippen LogP contribution in [0.1, 0.15) is 59.4 Å². The van der Waals surface area contributed by atoms with E-state index in [0.29, 0.717) is 12.0 Å². The first-order valence-electron chi connectivity index (χ1n) is 15.5. The first-order chi connectivity index (χ1) is 24.2. The van der Waals surface area contributed by atoms with Crippen LogP contribution in [0.15, 0.2) is 41.6 Å². The van der Waals surface area contributed by atoms with Crippen LogP contribution < -0.4 is 11.2 Å². The van der Waals surface area contributed by atoms with Crippen LogP contribution in [-0.2, 0) is 43.3 Å². The highest BCUT2D eigenvalue weighted by Crippen LogP contribution is 2.61. The Morgan fingerprint density at radius 2 is 1.44 bits per heavy atom. The number of hydrogen-bond acceptors (Lipinski definition) is 11. The van der Waals surface area contributed by atoms with E-state index in [1.54, 1.807) is 47.0 Å². The van der Waals surface area contributed by atoms with Crippen molar-refractivity contribution in [1.82, 2.24) is 39.3 Å². The Morgan fingerprint density at radius 3 is 1.88 bits per heavy atom. The van der Waals surface area contributed by atoms with Gasteiger partial charge in [-0.05, 0) is 94.3 Å². The van der Waals surface area contributed by atoms with Gasteiger partial charge in [0.15, 0.2) is 11.1 Å². The fraction of sp³-hybridized carbons (Fsp3) is 0.419. The van der Waals surface area contributed by atoms with E-state index >= 15 is 0 Å². The summed E-state index contributed by atoms with van der Waals surface area (Å²) in [6.45, 7) is 16.7. The molecule has 0 aliphatic carbocycles. The Morgan fingerprint density at radius 1 is 0.923 bits per heavy atom. The van der Waals surface area contributed by atoms with Gasteiger partial charge < -0.3 is 20.6 Å². The minimum absolute atomic E-state index is 0.0333. The predicted octanol–water partition coefficient (Wildman–Crippen LogP) is 7.38. The third-order valence-electron chi connectivity index (χ3n) is 5.80. The molecule has 5 aromatic rings. The maximum Gasteiger partial charge on any atom is 0.339 e. The number of nitrogens with two attached hydrogens (primary N) is 1. The van der Waals surface area contributed by atoms with E-state index in [0.717, 1.165) is 65.5 Å². The fourth-order valence-electron chi connectivity index (χ4n) is 3.81. The van der Waals surface area contributed by atoms with Crippen molar-refractivity contribution < 1.29 is 28.8 Å². The average molecular weight is 828 g/mol. The smallest absolute Gasteiger partial charge is 0.339 e. The standard InChI is InChI=1S/C9H10ClN3.C9H11N3O.C6H10O3.C5H9N3.C2H4O2.Cl3OP/c1-3-13-9-7(5-11-13)8(10)4-6(2)12-9;1-3-12-9-7(5-10-12)8(13)4-6(2)11-9;1-3-9-6(8)4-5(2)7;1-2-8-5(6)3-4-7-8;1-2(3)4;1-5(2,3)4/h4-5H,3H2,1-2H3;4-5H,3H2,1-2H3,(H,11,13);3-4H2,1-2H3;3-4H,2,6H2,1H3;1H3,(H,3,4);. The topological polar surface area (TPSA) is 223 Å². The van der Waals surface area contributed by atoms with E-state index in [4.69, 9.17) is 27.2 Å². The lowest BCUT2D eigenvalue weighted by atomic mass is 10.3. The highest BCUT2D eigenvalue weighted by Gasteiger charge is 2.07. The van der Waals surface area contributed by atoms with Crippen LogP contribution in [0.25, 0.3) is 22.1 Å². The number of anilines is 1. The molecule has 52 heavy (non-hydrogen) atoms. The summed E-state index contributed by atoms with van der Waals surface area (Å²) >= 11 is 19.9.